The summed E-state index contributed by atoms with van der Waals surface area (Å²) in [5, 5.41) is 7.14. The number of nitrogens with one attached hydrogen (secondary N) is 2. The van der Waals surface area contributed by atoms with Crippen molar-refractivity contribution < 1.29 is 14.3 Å². The molecule has 2 fully saturated rings. The minimum Gasteiger partial charge on any atom is -0.494 e. The number of likely N-dealkylation sites (tertiary alicyclic amines) is 1. The smallest absolute Gasteiger partial charge is 0.324 e. The van der Waals surface area contributed by atoms with Gasteiger partial charge in [0.15, 0.2) is 0 Å². The number of amides is 2. The Kier molecular flexibility index (Phi) is 3.80. The molecule has 0 radical (unpaired) electrons. The number of carbonyl (C=O) groups excluding carboxylic acids is 1. The summed E-state index contributed by atoms with van der Waals surface area (Å²) in [6.45, 7) is 2.95. The van der Waals surface area contributed by atoms with Crippen molar-refractivity contribution in [3.05, 3.63) is 24.5 Å². The summed E-state index contributed by atoms with van der Waals surface area (Å²) in [5.74, 6) is 1.07. The molecule has 0 saturated carbocycles. The summed E-state index contributed by atoms with van der Waals surface area (Å²) < 4.78 is 12.5. The van der Waals surface area contributed by atoms with Crippen LogP contribution in [0.3, 0.4) is 0 Å². The second-order valence-electron chi connectivity index (χ2n) is 7.62. The monoisotopic (exact) mass is 382 g/mol. The molecule has 2 aliphatic rings. The quantitative estimate of drug-likeness (QED) is 0.724. The van der Waals surface area contributed by atoms with Gasteiger partial charge in [-0.1, -0.05) is 0 Å². The Hall–Kier alpha value is -3.07. The van der Waals surface area contributed by atoms with Crippen LogP contribution in [0.4, 0.5) is 10.7 Å². The number of H-pyrrole nitrogens is 1. The molecule has 4 heterocycles. The number of methoxy groups -OCH3 is 1. The molecule has 5 rings (SSSR count). The predicted molar refractivity (Wildman–Crippen MR) is 103 cm³/mol. The molecule has 2 saturated heterocycles. The Balaban J connectivity index is 1.44. The molecule has 0 aliphatic carbocycles. The summed E-state index contributed by atoms with van der Waals surface area (Å²) >= 11 is 0. The Morgan fingerprint density at radius 2 is 2.25 bits per heavy atom. The maximum absolute atomic E-state index is 12.7. The van der Waals surface area contributed by atoms with Gasteiger partial charge in [-0.2, -0.15) is 5.10 Å². The lowest BCUT2D eigenvalue weighted by Crippen LogP contribution is -2.46. The molecule has 1 spiro atoms. The van der Waals surface area contributed by atoms with E-state index in [9.17, 15) is 4.79 Å². The number of urea groups is 1. The highest BCUT2D eigenvalue weighted by atomic mass is 16.5. The third-order valence-electron chi connectivity index (χ3n) is 5.61. The van der Waals surface area contributed by atoms with Crippen LogP contribution >= 0.6 is 0 Å². The Morgan fingerprint density at radius 1 is 1.39 bits per heavy atom. The summed E-state index contributed by atoms with van der Waals surface area (Å²) in [5.41, 5.74) is 3.50. The number of nitrogens with zero attached hydrogens (tertiary/aromatic N) is 4. The first kappa shape index (κ1) is 17.1. The maximum atomic E-state index is 12.7. The number of carbonyl (C=O) groups is 1. The highest BCUT2D eigenvalue weighted by molar-refractivity contribution is 5.98. The molecule has 0 atom stereocenters. The van der Waals surface area contributed by atoms with Crippen molar-refractivity contribution in [2.24, 2.45) is 12.5 Å². The number of imidazole rings is 1. The number of aryl methyl sites for hydroxylation is 1. The molecular formula is C19H22N6O3. The Bertz CT molecular complexity index is 1050. The van der Waals surface area contributed by atoms with Crippen LogP contribution in [0.5, 0.6) is 5.75 Å². The Morgan fingerprint density at radius 3 is 2.89 bits per heavy atom. The van der Waals surface area contributed by atoms with Gasteiger partial charge in [-0.3, -0.25) is 10.00 Å². The van der Waals surface area contributed by atoms with Gasteiger partial charge in [0, 0.05) is 42.9 Å². The van der Waals surface area contributed by atoms with E-state index in [4.69, 9.17) is 9.47 Å². The standard InChI is InChI=1S/C19H22N6O3/c1-24-8-12(7-20-24)13-3-4-14(27-2)16-15(13)21-17(22-16)23-18(26)25-6-5-19(9-25)10-28-11-19/h3-4,7-8H,5-6,9-11H2,1-2H3,(H2,21,22,23,26). The number of anilines is 1. The first-order valence-corrected chi connectivity index (χ1v) is 9.26. The van der Waals surface area contributed by atoms with Crippen LogP contribution < -0.4 is 10.1 Å². The molecule has 146 valence electrons. The number of rotatable bonds is 3. The van der Waals surface area contributed by atoms with E-state index in [0.717, 1.165) is 54.9 Å². The fourth-order valence-corrected chi connectivity index (χ4v) is 4.01. The first-order valence-electron chi connectivity index (χ1n) is 9.26. The highest BCUT2D eigenvalue weighted by Crippen LogP contribution is 2.38. The zero-order valence-electron chi connectivity index (χ0n) is 15.9. The second-order valence-corrected chi connectivity index (χ2v) is 7.62. The summed E-state index contributed by atoms with van der Waals surface area (Å²) in [6.07, 6.45) is 4.70. The lowest BCUT2D eigenvalue weighted by atomic mass is 9.85. The fourth-order valence-electron chi connectivity index (χ4n) is 4.01. The number of ether oxygens (including phenoxy) is 2. The van der Waals surface area contributed by atoms with Crippen LogP contribution in [0.25, 0.3) is 22.2 Å². The lowest BCUT2D eigenvalue weighted by Gasteiger charge is -2.37. The average molecular weight is 382 g/mol. The van der Waals surface area contributed by atoms with Gasteiger partial charge in [0.1, 0.15) is 16.8 Å². The molecule has 2 aliphatic heterocycles. The van der Waals surface area contributed by atoms with Gasteiger partial charge >= 0.3 is 6.03 Å². The molecule has 9 nitrogen and oxygen atoms in total. The third-order valence-corrected chi connectivity index (χ3v) is 5.61. The maximum Gasteiger partial charge on any atom is 0.324 e. The summed E-state index contributed by atoms with van der Waals surface area (Å²) in [6, 6.07) is 3.69. The van der Waals surface area contributed by atoms with E-state index in [2.05, 4.69) is 20.4 Å². The molecule has 0 unspecified atom stereocenters. The zero-order chi connectivity index (χ0) is 19.3. The summed E-state index contributed by atoms with van der Waals surface area (Å²) in [7, 11) is 3.48. The van der Waals surface area contributed by atoms with Crippen molar-refractivity contribution in [3.8, 4) is 16.9 Å². The number of hydrogen-bond acceptors (Lipinski definition) is 5. The van der Waals surface area contributed by atoms with Gasteiger partial charge in [0.25, 0.3) is 0 Å². The third kappa shape index (κ3) is 2.70. The number of aromatic amines is 1. The molecule has 2 N–H and O–H groups in total. The van der Waals surface area contributed by atoms with Crippen molar-refractivity contribution in [2.45, 2.75) is 6.42 Å². The zero-order valence-corrected chi connectivity index (χ0v) is 15.9. The van der Waals surface area contributed by atoms with Crippen LogP contribution in [-0.4, -0.2) is 64.1 Å². The predicted octanol–water partition coefficient (Wildman–Crippen LogP) is 2.23. The highest BCUT2D eigenvalue weighted by Gasteiger charge is 2.45. The topological polar surface area (TPSA) is 97.3 Å². The van der Waals surface area contributed by atoms with Crippen LogP contribution in [0, 0.1) is 5.41 Å². The van der Waals surface area contributed by atoms with Gasteiger partial charge in [-0.15, -0.1) is 0 Å². The number of hydrogen-bond donors (Lipinski definition) is 2. The largest absolute Gasteiger partial charge is 0.494 e. The second kappa shape index (κ2) is 6.23. The normalized spacial score (nSPS) is 17.9. The van der Waals surface area contributed by atoms with E-state index >= 15 is 0 Å². The van der Waals surface area contributed by atoms with Crippen LogP contribution in [-0.2, 0) is 11.8 Å². The van der Waals surface area contributed by atoms with Gasteiger partial charge < -0.3 is 19.4 Å². The van der Waals surface area contributed by atoms with E-state index in [1.54, 1.807) is 18.0 Å². The molecule has 3 aromatic rings. The van der Waals surface area contributed by atoms with Gasteiger partial charge in [0.05, 0.1) is 26.5 Å². The number of fused-ring (bicyclic) bond motifs is 1. The number of aromatic nitrogens is 4. The van der Waals surface area contributed by atoms with Crippen molar-refractivity contribution in [1.29, 1.82) is 0 Å². The van der Waals surface area contributed by atoms with E-state index in [-0.39, 0.29) is 11.4 Å². The van der Waals surface area contributed by atoms with E-state index < -0.39 is 0 Å². The minimum absolute atomic E-state index is 0.148. The molecule has 2 amide bonds. The molecule has 2 aromatic heterocycles. The minimum atomic E-state index is -0.148. The lowest BCUT2D eigenvalue weighted by molar-refractivity contribution is -0.103. The molecular weight excluding hydrogens is 360 g/mol. The Labute approximate surface area is 161 Å². The van der Waals surface area contributed by atoms with Crippen LogP contribution in [0.2, 0.25) is 0 Å². The van der Waals surface area contributed by atoms with E-state index in [1.165, 1.54) is 0 Å². The average Bonchev–Trinajstić information content (AvgIpc) is 3.37. The number of benzene rings is 1. The van der Waals surface area contributed by atoms with Crippen molar-refractivity contribution >= 4 is 23.0 Å². The van der Waals surface area contributed by atoms with Gasteiger partial charge in [-0.05, 0) is 18.6 Å². The van der Waals surface area contributed by atoms with E-state index in [1.807, 2.05) is 30.3 Å². The van der Waals surface area contributed by atoms with Crippen molar-refractivity contribution in [2.75, 3.05) is 38.7 Å². The molecule has 0 bridgehead atoms. The molecule has 28 heavy (non-hydrogen) atoms. The summed E-state index contributed by atoms with van der Waals surface area (Å²) in [4.78, 5) is 22.4. The van der Waals surface area contributed by atoms with E-state index in [0.29, 0.717) is 11.7 Å². The van der Waals surface area contributed by atoms with Crippen LogP contribution in [0.1, 0.15) is 6.42 Å². The first-order chi connectivity index (χ1) is 13.6. The molecule has 1 aromatic carbocycles. The van der Waals surface area contributed by atoms with Gasteiger partial charge in [0.2, 0.25) is 5.95 Å². The van der Waals surface area contributed by atoms with Crippen molar-refractivity contribution in [3.63, 3.8) is 0 Å². The SMILES string of the molecule is COc1ccc(-c2cnn(C)c2)c2nc(NC(=O)N3CCC4(COC4)C3)[nH]c12. The van der Waals surface area contributed by atoms with Crippen LogP contribution in [0.15, 0.2) is 24.5 Å². The van der Waals surface area contributed by atoms with Gasteiger partial charge in [-0.25, -0.2) is 9.78 Å². The van der Waals surface area contributed by atoms with Crippen molar-refractivity contribution in [1.82, 2.24) is 24.6 Å². The molecule has 9 heteroatoms. The fraction of sp³-hybridized carbons (Fsp3) is 0.421.